The molecule has 0 spiro atoms. The number of aliphatic hydroxyl groups is 1. The Labute approximate surface area is 588 Å². The Bertz CT molecular complexity index is 1870. The molecule has 19 heteroatoms. The van der Waals surface area contributed by atoms with Crippen molar-refractivity contribution in [1.29, 1.82) is 0 Å². The molecule has 3 unspecified atom stereocenters. The number of phosphoric ester groups is 2. The number of hydrogen-bond acceptors (Lipinski definition) is 15. The first-order valence-electron chi connectivity index (χ1n) is 39.9. The van der Waals surface area contributed by atoms with Crippen LogP contribution < -0.4 is 0 Å². The monoisotopic (exact) mass is 1410 g/mol. The number of carbonyl (C=O) groups excluding carboxylic acids is 4. The van der Waals surface area contributed by atoms with Crippen LogP contribution in [0.5, 0.6) is 0 Å². The fraction of sp³-hybridized carbons (Fsp3) is 0.948. The van der Waals surface area contributed by atoms with Crippen molar-refractivity contribution < 1.29 is 80.2 Å². The molecule has 0 aliphatic heterocycles. The molecule has 0 aromatic carbocycles. The maximum atomic E-state index is 13.1. The van der Waals surface area contributed by atoms with Crippen molar-refractivity contribution in [1.82, 2.24) is 0 Å². The summed E-state index contributed by atoms with van der Waals surface area (Å²) in [4.78, 5) is 72.7. The maximum Gasteiger partial charge on any atom is 0.472 e. The van der Waals surface area contributed by atoms with Crippen molar-refractivity contribution in [3.8, 4) is 0 Å². The molecule has 0 aliphatic rings. The number of hydrogen-bond donors (Lipinski definition) is 3. The molecule has 0 fully saturated rings. The zero-order valence-electron chi connectivity index (χ0n) is 62.8. The number of carbonyl (C=O) groups is 4. The fourth-order valence-corrected chi connectivity index (χ4v) is 13.3. The lowest BCUT2D eigenvalue weighted by atomic mass is 9.99. The standard InChI is InChI=1S/C77H150O17P2/c1-8-10-11-12-34-44-51-58-74(79)87-64-72(93-77(82)61-54-47-40-33-27-26-30-37-43-50-57-70(7)9-2)66-91-95(83,84)89-62-71(78)63-90-96(85,86)92-67-73(65-88-75(80)59-52-45-38-31-24-20-17-16-19-23-29-36-42-49-56-69(5)6)94-76(81)60-53-46-39-32-25-21-15-13-14-18-22-28-35-41-48-55-68(3)4/h68-73,78H,8-67H2,1-7H3,(H,83,84)(H,85,86)/t70?,71-,72+,73+/m0/s1. The molecule has 0 aromatic heterocycles. The SMILES string of the molecule is CCCCCCCCCC(=O)OC[C@H](COP(=O)(O)OC[C@H](O)COP(=O)(O)OC[C@@H](COC(=O)CCCCCCCCCCCCCCCCC(C)C)OC(=O)CCCCCCCCCCCCCCCCCC(C)C)OC(=O)CCCCCCCCCCCCC(C)CC. The van der Waals surface area contributed by atoms with Gasteiger partial charge in [0.25, 0.3) is 0 Å². The van der Waals surface area contributed by atoms with E-state index in [1.54, 1.807) is 0 Å². The molecule has 0 saturated carbocycles. The van der Waals surface area contributed by atoms with Gasteiger partial charge in [-0.05, 0) is 43.4 Å². The lowest BCUT2D eigenvalue weighted by Crippen LogP contribution is -2.30. The molecule has 0 aliphatic carbocycles. The Morgan fingerprint density at radius 2 is 0.531 bits per heavy atom. The normalized spacial score (nSPS) is 14.3. The molecule has 0 rings (SSSR count). The van der Waals surface area contributed by atoms with Gasteiger partial charge < -0.3 is 33.8 Å². The summed E-state index contributed by atoms with van der Waals surface area (Å²) in [5.74, 6) is 0.285. The molecule has 6 atom stereocenters. The summed E-state index contributed by atoms with van der Waals surface area (Å²) in [5, 5.41) is 10.6. The quantitative estimate of drug-likeness (QED) is 0.0222. The van der Waals surface area contributed by atoms with Gasteiger partial charge in [-0.2, -0.15) is 0 Å². The van der Waals surface area contributed by atoms with Crippen LogP contribution in [-0.4, -0.2) is 96.7 Å². The Morgan fingerprint density at radius 1 is 0.302 bits per heavy atom. The largest absolute Gasteiger partial charge is 0.472 e. The summed E-state index contributed by atoms with van der Waals surface area (Å²) in [6.07, 6.45) is 54.1. The van der Waals surface area contributed by atoms with Crippen LogP contribution in [0.25, 0.3) is 0 Å². The highest BCUT2D eigenvalue weighted by atomic mass is 31.2. The molecule has 0 heterocycles. The van der Waals surface area contributed by atoms with E-state index in [-0.39, 0.29) is 25.7 Å². The van der Waals surface area contributed by atoms with Gasteiger partial charge in [0.1, 0.15) is 19.3 Å². The summed E-state index contributed by atoms with van der Waals surface area (Å²) in [5.41, 5.74) is 0. The molecule has 0 aromatic rings. The molecule has 3 N–H and O–H groups in total. The first-order valence-corrected chi connectivity index (χ1v) is 42.9. The third kappa shape index (κ3) is 69.2. The van der Waals surface area contributed by atoms with Gasteiger partial charge in [0.05, 0.1) is 26.4 Å². The van der Waals surface area contributed by atoms with E-state index in [2.05, 4.69) is 48.5 Å². The Kier molecular flexibility index (Phi) is 66.2. The molecule has 17 nitrogen and oxygen atoms in total. The second-order valence-corrected chi connectivity index (χ2v) is 31.8. The topological polar surface area (TPSA) is 237 Å². The van der Waals surface area contributed by atoms with E-state index >= 15 is 0 Å². The minimum atomic E-state index is -4.96. The zero-order valence-corrected chi connectivity index (χ0v) is 64.6. The number of unbranched alkanes of at least 4 members (excludes halogenated alkanes) is 42. The van der Waals surface area contributed by atoms with Crippen molar-refractivity contribution in [3.63, 3.8) is 0 Å². The molecule has 0 amide bonds. The number of ether oxygens (including phenoxy) is 4. The van der Waals surface area contributed by atoms with Gasteiger partial charge in [-0.3, -0.25) is 37.3 Å². The first kappa shape index (κ1) is 94.1. The number of phosphoric acid groups is 2. The van der Waals surface area contributed by atoms with Gasteiger partial charge in [-0.1, -0.05) is 344 Å². The highest BCUT2D eigenvalue weighted by Gasteiger charge is 2.30. The fourth-order valence-electron chi connectivity index (χ4n) is 11.7. The van der Waals surface area contributed by atoms with E-state index in [1.807, 2.05) is 0 Å². The smallest absolute Gasteiger partial charge is 0.462 e. The minimum absolute atomic E-state index is 0.106. The second kappa shape index (κ2) is 67.5. The van der Waals surface area contributed by atoms with E-state index in [0.717, 1.165) is 120 Å². The third-order valence-electron chi connectivity index (χ3n) is 18.2. The predicted molar refractivity (Wildman–Crippen MR) is 391 cm³/mol. The Morgan fingerprint density at radius 3 is 0.792 bits per heavy atom. The molecular weight excluding hydrogens is 1260 g/mol. The highest BCUT2D eigenvalue weighted by molar-refractivity contribution is 7.47. The van der Waals surface area contributed by atoms with Crippen LogP contribution in [0.1, 0.15) is 395 Å². The van der Waals surface area contributed by atoms with Crippen LogP contribution in [0.15, 0.2) is 0 Å². The lowest BCUT2D eigenvalue weighted by molar-refractivity contribution is -0.161. The van der Waals surface area contributed by atoms with Gasteiger partial charge in [-0.25, -0.2) is 9.13 Å². The van der Waals surface area contributed by atoms with E-state index in [4.69, 9.17) is 37.0 Å². The minimum Gasteiger partial charge on any atom is -0.462 e. The van der Waals surface area contributed by atoms with Crippen molar-refractivity contribution in [2.24, 2.45) is 17.8 Å². The highest BCUT2D eigenvalue weighted by Crippen LogP contribution is 2.45. The number of esters is 4. The van der Waals surface area contributed by atoms with Crippen molar-refractivity contribution in [2.45, 2.75) is 414 Å². The molecule has 0 radical (unpaired) electrons. The predicted octanol–water partition coefficient (Wildman–Crippen LogP) is 22.6. The van der Waals surface area contributed by atoms with Crippen LogP contribution in [-0.2, 0) is 65.4 Å². The molecular formula is C77H150O17P2. The summed E-state index contributed by atoms with van der Waals surface area (Å²) in [6.45, 7) is 11.9. The first-order chi connectivity index (χ1) is 46.3. The summed E-state index contributed by atoms with van der Waals surface area (Å²) in [7, 11) is -9.91. The molecule has 0 saturated heterocycles. The third-order valence-corrected chi connectivity index (χ3v) is 20.1. The molecule has 96 heavy (non-hydrogen) atoms. The zero-order chi connectivity index (χ0) is 70.9. The summed E-state index contributed by atoms with van der Waals surface area (Å²) in [6, 6.07) is 0. The molecule has 570 valence electrons. The van der Waals surface area contributed by atoms with E-state index < -0.39 is 97.5 Å². The van der Waals surface area contributed by atoms with Crippen molar-refractivity contribution in [3.05, 3.63) is 0 Å². The van der Waals surface area contributed by atoms with Crippen molar-refractivity contribution >= 4 is 39.5 Å². The summed E-state index contributed by atoms with van der Waals surface area (Å²) >= 11 is 0. The van der Waals surface area contributed by atoms with Gasteiger partial charge >= 0.3 is 39.5 Å². The lowest BCUT2D eigenvalue weighted by Gasteiger charge is -2.21. The van der Waals surface area contributed by atoms with E-state index in [0.29, 0.717) is 25.7 Å². The van der Waals surface area contributed by atoms with Crippen LogP contribution in [0.4, 0.5) is 0 Å². The van der Waals surface area contributed by atoms with Crippen LogP contribution in [0, 0.1) is 17.8 Å². The second-order valence-electron chi connectivity index (χ2n) is 28.9. The number of aliphatic hydroxyl groups excluding tert-OH is 1. The van der Waals surface area contributed by atoms with Crippen molar-refractivity contribution in [2.75, 3.05) is 39.6 Å². The Hall–Kier alpha value is -1.94. The van der Waals surface area contributed by atoms with Gasteiger partial charge in [-0.15, -0.1) is 0 Å². The summed E-state index contributed by atoms with van der Waals surface area (Å²) < 4.78 is 68.5. The average molecular weight is 1410 g/mol. The maximum absolute atomic E-state index is 13.1. The molecule has 0 bridgehead atoms. The van der Waals surface area contributed by atoms with Gasteiger partial charge in [0.15, 0.2) is 12.2 Å². The van der Waals surface area contributed by atoms with Gasteiger partial charge in [0, 0.05) is 25.7 Å². The Balaban J connectivity index is 5.20. The van der Waals surface area contributed by atoms with E-state index in [9.17, 15) is 43.2 Å². The van der Waals surface area contributed by atoms with Crippen LogP contribution in [0.3, 0.4) is 0 Å². The van der Waals surface area contributed by atoms with Gasteiger partial charge in [0.2, 0.25) is 0 Å². The average Bonchev–Trinajstić information content (AvgIpc) is 2.14. The van der Waals surface area contributed by atoms with E-state index in [1.165, 1.54) is 193 Å². The number of rotatable bonds is 75. The van der Waals surface area contributed by atoms with Crippen LogP contribution in [0.2, 0.25) is 0 Å². The van der Waals surface area contributed by atoms with Crippen LogP contribution >= 0.6 is 15.6 Å².